The highest BCUT2D eigenvalue weighted by Gasteiger charge is 2.19. The highest BCUT2D eigenvalue weighted by Crippen LogP contribution is 2.24. The predicted molar refractivity (Wildman–Crippen MR) is 127 cm³/mol. The van der Waals surface area contributed by atoms with Crippen LogP contribution < -0.4 is 15.8 Å². The van der Waals surface area contributed by atoms with Gasteiger partial charge in [-0.1, -0.05) is 18.2 Å². The first-order valence-electron chi connectivity index (χ1n) is 10.6. The second-order valence-electron chi connectivity index (χ2n) is 7.64. The number of primary amides is 1. The van der Waals surface area contributed by atoms with Gasteiger partial charge in [-0.25, -0.2) is 4.98 Å². The molecule has 0 saturated heterocycles. The van der Waals surface area contributed by atoms with Crippen LogP contribution in [0.3, 0.4) is 0 Å². The summed E-state index contributed by atoms with van der Waals surface area (Å²) in [6.07, 6.45) is 0. The van der Waals surface area contributed by atoms with Crippen LogP contribution in [0.2, 0.25) is 0 Å². The molecule has 0 aliphatic rings. The minimum atomic E-state index is -0.706. The van der Waals surface area contributed by atoms with Gasteiger partial charge in [0.05, 0.1) is 46.3 Å². The number of nitrogens with two attached hydrogens (primary N) is 1. The Labute approximate surface area is 195 Å². The number of anilines is 1. The van der Waals surface area contributed by atoms with E-state index in [-0.39, 0.29) is 11.6 Å². The Kier molecular flexibility index (Phi) is 6.23. The summed E-state index contributed by atoms with van der Waals surface area (Å²) >= 11 is 0. The maximum absolute atomic E-state index is 13.2. The molecule has 34 heavy (non-hydrogen) atoms. The molecule has 3 N–H and O–H groups in total. The van der Waals surface area contributed by atoms with Crippen LogP contribution in [0.5, 0.6) is 5.75 Å². The number of carbonyl (C=O) groups is 2. The molecule has 0 saturated carbocycles. The number of nitrogens with one attached hydrogen (secondary N) is 1. The number of aromatic nitrogens is 3. The van der Waals surface area contributed by atoms with Crippen molar-refractivity contribution < 1.29 is 14.3 Å². The normalized spacial score (nSPS) is 10.6. The van der Waals surface area contributed by atoms with Gasteiger partial charge in [0, 0.05) is 5.39 Å². The number of amides is 2. The minimum absolute atomic E-state index is 0.0212. The summed E-state index contributed by atoms with van der Waals surface area (Å²) in [5, 5.41) is 16.9. The summed E-state index contributed by atoms with van der Waals surface area (Å²) in [6.45, 7) is 4.49. The van der Waals surface area contributed by atoms with Gasteiger partial charge in [-0.05, 0) is 50.2 Å². The number of nitriles is 1. The molecule has 4 rings (SSSR count). The average molecular weight is 454 g/mol. The molecule has 0 radical (unpaired) electrons. The summed E-state index contributed by atoms with van der Waals surface area (Å²) in [6, 6.07) is 17.4. The third-order valence-electron chi connectivity index (χ3n) is 5.39. The van der Waals surface area contributed by atoms with Crippen LogP contribution in [0.4, 0.5) is 5.69 Å². The molecule has 0 aliphatic carbocycles. The zero-order chi connectivity index (χ0) is 24.2. The topological polar surface area (TPSA) is 136 Å². The van der Waals surface area contributed by atoms with Gasteiger partial charge in [-0.2, -0.15) is 10.4 Å². The quantitative estimate of drug-likeness (QED) is 0.439. The van der Waals surface area contributed by atoms with E-state index in [1.165, 1.54) is 6.07 Å². The number of nitrogens with zero attached hydrogens (tertiary/aromatic N) is 4. The molecule has 9 heteroatoms. The molecular weight excluding hydrogens is 432 g/mol. The van der Waals surface area contributed by atoms with Crippen molar-refractivity contribution in [2.45, 2.75) is 20.4 Å². The van der Waals surface area contributed by atoms with Gasteiger partial charge in [0.1, 0.15) is 18.1 Å². The molecule has 0 fully saturated rings. The van der Waals surface area contributed by atoms with E-state index >= 15 is 0 Å². The SMILES string of the molecule is Cc1nn(CCOc2ccc(C#N)cc2)c(C)c1NC(=O)c1cc(C(N)=O)nc2ccccc12. The second-order valence-corrected chi connectivity index (χ2v) is 7.64. The number of ether oxygens (including phenoxy) is 1. The van der Waals surface area contributed by atoms with E-state index in [0.29, 0.717) is 52.3 Å². The lowest BCUT2D eigenvalue weighted by Gasteiger charge is -2.10. The van der Waals surface area contributed by atoms with Gasteiger partial charge in [-0.3, -0.25) is 14.3 Å². The smallest absolute Gasteiger partial charge is 0.267 e. The Hall–Kier alpha value is -4.71. The zero-order valence-electron chi connectivity index (χ0n) is 18.7. The number of benzene rings is 2. The lowest BCUT2D eigenvalue weighted by Crippen LogP contribution is -2.18. The number of carbonyl (C=O) groups excluding carboxylic acids is 2. The van der Waals surface area contributed by atoms with Crippen molar-refractivity contribution in [1.29, 1.82) is 5.26 Å². The summed E-state index contributed by atoms with van der Waals surface area (Å²) < 4.78 is 7.50. The van der Waals surface area contributed by atoms with E-state index in [1.807, 2.05) is 6.92 Å². The van der Waals surface area contributed by atoms with E-state index in [2.05, 4.69) is 21.5 Å². The Bertz CT molecular complexity index is 1430. The molecule has 0 atom stereocenters. The molecule has 0 bridgehead atoms. The van der Waals surface area contributed by atoms with Gasteiger partial charge >= 0.3 is 0 Å². The first kappa shape index (κ1) is 22.5. The average Bonchev–Trinajstić information content (AvgIpc) is 3.11. The van der Waals surface area contributed by atoms with Crippen molar-refractivity contribution in [3.8, 4) is 11.8 Å². The fourth-order valence-electron chi connectivity index (χ4n) is 3.64. The fourth-order valence-corrected chi connectivity index (χ4v) is 3.64. The second kappa shape index (κ2) is 9.42. The van der Waals surface area contributed by atoms with Gasteiger partial charge in [0.2, 0.25) is 0 Å². The number of pyridine rings is 1. The lowest BCUT2D eigenvalue weighted by atomic mass is 10.1. The van der Waals surface area contributed by atoms with E-state index in [0.717, 1.165) is 5.69 Å². The third-order valence-corrected chi connectivity index (χ3v) is 5.39. The molecule has 4 aromatic rings. The summed E-state index contributed by atoms with van der Waals surface area (Å²) in [7, 11) is 0. The Morgan fingerprint density at radius 3 is 2.59 bits per heavy atom. The molecule has 2 aromatic heterocycles. The highest BCUT2D eigenvalue weighted by atomic mass is 16.5. The molecule has 0 spiro atoms. The molecule has 0 unspecified atom stereocenters. The van der Waals surface area contributed by atoms with E-state index < -0.39 is 5.91 Å². The largest absolute Gasteiger partial charge is 0.492 e. The van der Waals surface area contributed by atoms with Crippen LogP contribution in [0, 0.1) is 25.2 Å². The number of aryl methyl sites for hydroxylation is 1. The maximum Gasteiger partial charge on any atom is 0.267 e. The van der Waals surface area contributed by atoms with Crippen molar-refractivity contribution in [2.75, 3.05) is 11.9 Å². The molecule has 0 aliphatic heterocycles. The number of hydrogen-bond acceptors (Lipinski definition) is 6. The van der Waals surface area contributed by atoms with Crippen molar-refractivity contribution in [1.82, 2.24) is 14.8 Å². The van der Waals surface area contributed by atoms with Crippen LogP contribution in [0.25, 0.3) is 10.9 Å². The highest BCUT2D eigenvalue weighted by molar-refractivity contribution is 6.14. The molecule has 2 aromatic carbocycles. The zero-order valence-corrected chi connectivity index (χ0v) is 18.7. The Morgan fingerprint density at radius 2 is 1.88 bits per heavy atom. The van der Waals surface area contributed by atoms with Crippen molar-refractivity contribution in [3.63, 3.8) is 0 Å². The summed E-state index contributed by atoms with van der Waals surface area (Å²) in [5.41, 5.74) is 8.81. The van der Waals surface area contributed by atoms with E-state index in [9.17, 15) is 9.59 Å². The summed E-state index contributed by atoms with van der Waals surface area (Å²) in [5.74, 6) is -0.438. The van der Waals surface area contributed by atoms with E-state index in [4.69, 9.17) is 15.7 Å². The van der Waals surface area contributed by atoms with Crippen molar-refractivity contribution >= 4 is 28.4 Å². The summed E-state index contributed by atoms with van der Waals surface area (Å²) in [4.78, 5) is 29.1. The number of fused-ring (bicyclic) bond motifs is 1. The third kappa shape index (κ3) is 4.56. The Morgan fingerprint density at radius 1 is 1.15 bits per heavy atom. The van der Waals surface area contributed by atoms with Crippen LogP contribution in [-0.2, 0) is 6.54 Å². The van der Waals surface area contributed by atoms with Crippen LogP contribution in [-0.4, -0.2) is 33.2 Å². The lowest BCUT2D eigenvalue weighted by molar-refractivity contribution is 0.0996. The van der Waals surface area contributed by atoms with Gasteiger partial charge in [0.25, 0.3) is 11.8 Å². The molecular formula is C25H22N6O3. The molecule has 2 heterocycles. The van der Waals surface area contributed by atoms with Crippen LogP contribution in [0.15, 0.2) is 54.6 Å². The first-order chi connectivity index (χ1) is 16.4. The van der Waals surface area contributed by atoms with Gasteiger partial charge in [0.15, 0.2) is 0 Å². The standard InChI is InChI=1S/C25H22N6O3/c1-15-23(16(2)31(30-15)11-12-34-18-9-7-17(14-26)8-10-18)29-25(33)20-13-22(24(27)32)28-21-6-4-3-5-19(20)21/h3-10,13H,11-12H2,1-2H3,(H2,27,32)(H,29,33). The number of para-hydroxylation sites is 1. The van der Waals surface area contributed by atoms with Gasteiger partial charge in [-0.15, -0.1) is 0 Å². The molecule has 2 amide bonds. The van der Waals surface area contributed by atoms with E-state index in [1.54, 1.807) is 60.1 Å². The van der Waals surface area contributed by atoms with Crippen molar-refractivity contribution in [3.05, 3.63) is 82.8 Å². The van der Waals surface area contributed by atoms with Crippen LogP contribution in [0.1, 0.15) is 37.8 Å². The fraction of sp³-hybridized carbons (Fsp3) is 0.160. The Balaban J connectivity index is 1.52. The predicted octanol–water partition coefficient (Wildman–Crippen LogP) is 3.35. The molecule has 9 nitrogen and oxygen atoms in total. The first-order valence-corrected chi connectivity index (χ1v) is 10.6. The number of hydrogen-bond donors (Lipinski definition) is 2. The van der Waals surface area contributed by atoms with Crippen LogP contribution >= 0.6 is 0 Å². The molecule has 170 valence electrons. The minimum Gasteiger partial charge on any atom is -0.492 e. The monoisotopic (exact) mass is 454 g/mol. The maximum atomic E-state index is 13.2. The van der Waals surface area contributed by atoms with Gasteiger partial charge < -0.3 is 15.8 Å². The van der Waals surface area contributed by atoms with Crippen molar-refractivity contribution in [2.24, 2.45) is 5.73 Å². The number of rotatable bonds is 7.